The Kier molecular flexibility index (Phi) is 5.15. The van der Waals surface area contributed by atoms with Gasteiger partial charge in [0.05, 0.1) is 11.2 Å². The summed E-state index contributed by atoms with van der Waals surface area (Å²) in [6.45, 7) is 5.33. The van der Waals surface area contributed by atoms with Gasteiger partial charge >= 0.3 is 12.3 Å². The Balaban J connectivity index is 1.75. The lowest BCUT2D eigenvalue weighted by molar-refractivity contribution is -0.140. The van der Waals surface area contributed by atoms with Crippen molar-refractivity contribution in [3.8, 4) is 0 Å². The summed E-state index contributed by atoms with van der Waals surface area (Å²) in [5.41, 5.74) is -2.98. The Morgan fingerprint density at radius 1 is 1.21 bits per heavy atom. The van der Waals surface area contributed by atoms with E-state index in [9.17, 15) is 27.5 Å². The van der Waals surface area contributed by atoms with Crippen molar-refractivity contribution in [2.45, 2.75) is 82.3 Å². The first-order chi connectivity index (χ1) is 12.8. The van der Waals surface area contributed by atoms with Crippen molar-refractivity contribution in [3.05, 3.63) is 35.1 Å². The first-order valence-electron chi connectivity index (χ1n) is 9.37. The maximum atomic E-state index is 13.5. The maximum Gasteiger partial charge on any atom is 0.419 e. The highest BCUT2D eigenvalue weighted by Crippen LogP contribution is 2.43. The van der Waals surface area contributed by atoms with Crippen molar-refractivity contribution in [3.63, 3.8) is 0 Å². The van der Waals surface area contributed by atoms with E-state index >= 15 is 0 Å². The Hall–Kier alpha value is -1.83. The number of aliphatic hydroxyl groups is 1. The molecular formula is C20H25F4NO3. The van der Waals surface area contributed by atoms with Gasteiger partial charge < -0.3 is 14.7 Å². The smallest absolute Gasteiger partial charge is 0.419 e. The molecular weight excluding hydrogens is 378 g/mol. The summed E-state index contributed by atoms with van der Waals surface area (Å²) in [6, 6.07) is 2.37. The molecule has 1 amide bonds. The molecule has 2 aliphatic rings. The number of amides is 1. The molecule has 8 heteroatoms. The first-order valence-corrected chi connectivity index (χ1v) is 9.37. The van der Waals surface area contributed by atoms with Gasteiger partial charge in [-0.1, -0.05) is 6.07 Å². The van der Waals surface area contributed by atoms with Crippen molar-refractivity contribution in [2.24, 2.45) is 0 Å². The van der Waals surface area contributed by atoms with Crippen molar-refractivity contribution >= 4 is 6.09 Å². The quantitative estimate of drug-likeness (QED) is 0.730. The van der Waals surface area contributed by atoms with Gasteiger partial charge in [-0.3, -0.25) is 0 Å². The van der Waals surface area contributed by atoms with Gasteiger partial charge in [0.25, 0.3) is 0 Å². The van der Waals surface area contributed by atoms with Gasteiger partial charge in [0.2, 0.25) is 0 Å². The number of halogens is 4. The molecule has 0 saturated carbocycles. The number of alkyl halides is 3. The van der Waals surface area contributed by atoms with E-state index in [0.717, 1.165) is 12.1 Å². The molecule has 2 aliphatic heterocycles. The van der Waals surface area contributed by atoms with E-state index in [0.29, 0.717) is 12.8 Å². The Morgan fingerprint density at radius 2 is 1.79 bits per heavy atom. The molecule has 0 aliphatic carbocycles. The summed E-state index contributed by atoms with van der Waals surface area (Å²) >= 11 is 0. The predicted molar refractivity (Wildman–Crippen MR) is 94.2 cm³/mol. The number of carbonyl (C=O) groups is 1. The van der Waals surface area contributed by atoms with Crippen LogP contribution in [0.3, 0.4) is 0 Å². The Morgan fingerprint density at radius 3 is 2.29 bits per heavy atom. The number of ether oxygens (including phenoxy) is 1. The standard InChI is InChI=1S/C20H25F4NO3/c1-18(2,3)28-17(26)25-13-5-6-14(25)11-19(27,10-13)9-12-4-7-16(21)15(8-12)20(22,23)24/h4,7-8,13-14,27H,5-6,9-11H2,1-3H3. The predicted octanol–water partition coefficient (Wildman–Crippen LogP) is 4.68. The number of rotatable bonds is 2. The molecule has 2 heterocycles. The van der Waals surface area contributed by atoms with Gasteiger partial charge in [-0.15, -0.1) is 0 Å². The topological polar surface area (TPSA) is 49.8 Å². The molecule has 1 N–H and O–H groups in total. The van der Waals surface area contributed by atoms with Gasteiger partial charge in [0.15, 0.2) is 0 Å². The van der Waals surface area contributed by atoms with Crippen LogP contribution >= 0.6 is 0 Å². The lowest BCUT2D eigenvalue weighted by atomic mass is 9.81. The molecule has 0 radical (unpaired) electrons. The fourth-order valence-electron chi connectivity index (χ4n) is 4.36. The lowest BCUT2D eigenvalue weighted by Gasteiger charge is -2.44. The normalized spacial score (nSPS) is 27.8. The molecule has 0 aromatic heterocycles. The Labute approximate surface area is 161 Å². The van der Waals surface area contributed by atoms with Crippen molar-refractivity contribution < 1.29 is 32.2 Å². The van der Waals surface area contributed by atoms with E-state index < -0.39 is 34.9 Å². The van der Waals surface area contributed by atoms with E-state index in [1.165, 1.54) is 6.07 Å². The molecule has 1 aromatic rings. The minimum absolute atomic E-state index is 0.0223. The third kappa shape index (κ3) is 4.42. The molecule has 4 nitrogen and oxygen atoms in total. The summed E-state index contributed by atoms with van der Waals surface area (Å²) in [4.78, 5) is 14.2. The third-order valence-electron chi connectivity index (χ3n) is 5.32. The summed E-state index contributed by atoms with van der Waals surface area (Å²) in [6.07, 6.45) is -3.31. The fraction of sp³-hybridized carbons (Fsp3) is 0.650. The highest BCUT2D eigenvalue weighted by molar-refractivity contribution is 5.69. The van der Waals surface area contributed by atoms with Gasteiger partial charge in [-0.2, -0.15) is 13.2 Å². The monoisotopic (exact) mass is 403 g/mol. The summed E-state index contributed by atoms with van der Waals surface area (Å²) in [5.74, 6) is -1.33. The SMILES string of the molecule is CC(C)(C)OC(=O)N1C2CCC1CC(O)(Cc1ccc(F)c(C(F)(F)F)c1)C2. The molecule has 2 bridgehead atoms. The minimum Gasteiger partial charge on any atom is -0.444 e. The van der Waals surface area contributed by atoms with Crippen LogP contribution in [0.1, 0.15) is 57.6 Å². The fourth-order valence-corrected chi connectivity index (χ4v) is 4.36. The Bertz CT molecular complexity index is 743. The summed E-state index contributed by atoms with van der Waals surface area (Å²) in [5, 5.41) is 11.0. The van der Waals surface area contributed by atoms with Gasteiger partial charge in [-0.25, -0.2) is 9.18 Å². The van der Waals surface area contributed by atoms with Crippen LogP contribution in [0.4, 0.5) is 22.4 Å². The second-order valence-electron chi connectivity index (χ2n) is 8.89. The van der Waals surface area contributed by atoms with Crippen LogP contribution in [-0.4, -0.2) is 39.4 Å². The molecule has 156 valence electrons. The summed E-state index contributed by atoms with van der Waals surface area (Å²) < 4.78 is 57.8. The van der Waals surface area contributed by atoms with Crippen LogP contribution in [0, 0.1) is 5.82 Å². The molecule has 1 aromatic carbocycles. The lowest BCUT2D eigenvalue weighted by Crippen LogP contribution is -2.55. The molecule has 3 rings (SSSR count). The van der Waals surface area contributed by atoms with Crippen molar-refractivity contribution in [1.29, 1.82) is 0 Å². The van der Waals surface area contributed by atoms with Gasteiger partial charge in [0.1, 0.15) is 11.4 Å². The number of hydrogen-bond donors (Lipinski definition) is 1. The van der Waals surface area contributed by atoms with E-state index in [-0.39, 0.29) is 36.9 Å². The van der Waals surface area contributed by atoms with E-state index in [1.807, 2.05) is 0 Å². The second kappa shape index (κ2) is 6.90. The second-order valence-corrected chi connectivity index (χ2v) is 8.89. The van der Waals surface area contributed by atoms with Crippen molar-refractivity contribution in [2.75, 3.05) is 0 Å². The highest BCUT2D eigenvalue weighted by atomic mass is 19.4. The van der Waals surface area contributed by atoms with Crippen LogP contribution in [0.5, 0.6) is 0 Å². The van der Waals surface area contributed by atoms with Crippen LogP contribution < -0.4 is 0 Å². The average Bonchev–Trinajstić information content (AvgIpc) is 2.79. The average molecular weight is 403 g/mol. The number of nitrogens with zero attached hydrogens (tertiary/aromatic N) is 1. The molecule has 2 unspecified atom stereocenters. The maximum absolute atomic E-state index is 13.5. The minimum atomic E-state index is -4.79. The van der Waals surface area contributed by atoms with E-state index in [4.69, 9.17) is 4.74 Å². The number of piperidine rings is 1. The molecule has 0 spiro atoms. The zero-order valence-corrected chi connectivity index (χ0v) is 16.1. The first kappa shape index (κ1) is 20.9. The zero-order valence-electron chi connectivity index (χ0n) is 16.1. The molecule has 2 saturated heterocycles. The van der Waals surface area contributed by atoms with Gasteiger partial charge in [0, 0.05) is 18.5 Å². The highest BCUT2D eigenvalue weighted by Gasteiger charge is 2.50. The van der Waals surface area contributed by atoms with Crippen molar-refractivity contribution in [1.82, 2.24) is 4.90 Å². The molecule has 2 atom stereocenters. The van der Waals surface area contributed by atoms with Crippen LogP contribution in [0.2, 0.25) is 0 Å². The molecule has 2 fully saturated rings. The zero-order chi connectivity index (χ0) is 20.9. The van der Waals surface area contributed by atoms with Crippen LogP contribution in [0.25, 0.3) is 0 Å². The number of carbonyl (C=O) groups excluding carboxylic acids is 1. The van der Waals surface area contributed by atoms with Crippen LogP contribution in [0.15, 0.2) is 18.2 Å². The third-order valence-corrected chi connectivity index (χ3v) is 5.32. The number of hydrogen-bond acceptors (Lipinski definition) is 3. The van der Waals surface area contributed by atoms with Gasteiger partial charge in [-0.05, 0) is 64.2 Å². The molecule has 28 heavy (non-hydrogen) atoms. The van der Waals surface area contributed by atoms with E-state index in [2.05, 4.69) is 0 Å². The number of benzene rings is 1. The summed E-state index contributed by atoms with van der Waals surface area (Å²) in [7, 11) is 0. The van der Waals surface area contributed by atoms with Crippen LogP contribution in [-0.2, 0) is 17.3 Å². The van der Waals surface area contributed by atoms with E-state index in [1.54, 1.807) is 25.7 Å². The largest absolute Gasteiger partial charge is 0.444 e. The number of fused-ring (bicyclic) bond motifs is 2.